The summed E-state index contributed by atoms with van der Waals surface area (Å²) in [5.74, 6) is 0. The van der Waals surface area contributed by atoms with Gasteiger partial charge in [-0.15, -0.1) is 0 Å². The van der Waals surface area contributed by atoms with Gasteiger partial charge in [0, 0.05) is 26.0 Å². The molecule has 0 bridgehead atoms. The standard InChI is InChI=1S/C16H13Br2N/c17-13-8-7-11(15(18)9-13)5-6-12-10-19-16-4-2-1-3-14(12)16/h1-4,7-10,19H,5-6H2. The molecule has 1 aromatic heterocycles. The lowest BCUT2D eigenvalue weighted by molar-refractivity contribution is 0.961. The van der Waals surface area contributed by atoms with Crippen LogP contribution in [0.2, 0.25) is 0 Å². The van der Waals surface area contributed by atoms with Gasteiger partial charge in [-0.05, 0) is 42.2 Å². The van der Waals surface area contributed by atoms with Crippen molar-refractivity contribution in [1.29, 1.82) is 0 Å². The van der Waals surface area contributed by atoms with E-state index in [9.17, 15) is 0 Å². The third-order valence-electron chi connectivity index (χ3n) is 3.35. The van der Waals surface area contributed by atoms with Crippen LogP contribution in [-0.2, 0) is 12.8 Å². The number of aromatic amines is 1. The minimum atomic E-state index is 1.04. The van der Waals surface area contributed by atoms with Gasteiger partial charge in [-0.3, -0.25) is 0 Å². The lowest BCUT2D eigenvalue weighted by atomic mass is 10.0. The molecule has 0 aliphatic rings. The van der Waals surface area contributed by atoms with Gasteiger partial charge in [0.05, 0.1) is 0 Å². The summed E-state index contributed by atoms with van der Waals surface area (Å²) in [6, 6.07) is 14.8. The van der Waals surface area contributed by atoms with Gasteiger partial charge in [-0.2, -0.15) is 0 Å². The van der Waals surface area contributed by atoms with Crippen molar-refractivity contribution in [2.75, 3.05) is 0 Å². The van der Waals surface area contributed by atoms with Crippen LogP contribution in [-0.4, -0.2) is 4.98 Å². The van der Waals surface area contributed by atoms with Crippen LogP contribution in [0.1, 0.15) is 11.1 Å². The fourth-order valence-electron chi connectivity index (χ4n) is 2.33. The van der Waals surface area contributed by atoms with Crippen molar-refractivity contribution < 1.29 is 0 Å². The SMILES string of the molecule is Brc1ccc(CCc2c[nH]c3ccccc23)c(Br)c1. The van der Waals surface area contributed by atoms with Gasteiger partial charge in [-0.25, -0.2) is 0 Å². The first-order valence-electron chi connectivity index (χ1n) is 6.23. The summed E-state index contributed by atoms with van der Waals surface area (Å²) in [5.41, 5.74) is 3.94. The minimum absolute atomic E-state index is 1.04. The topological polar surface area (TPSA) is 15.8 Å². The summed E-state index contributed by atoms with van der Waals surface area (Å²) in [6.07, 6.45) is 4.21. The van der Waals surface area contributed by atoms with Gasteiger partial charge in [0.2, 0.25) is 0 Å². The van der Waals surface area contributed by atoms with Crippen molar-refractivity contribution in [2.45, 2.75) is 12.8 Å². The van der Waals surface area contributed by atoms with Gasteiger partial charge in [-0.1, -0.05) is 56.1 Å². The normalized spacial score (nSPS) is 11.1. The number of para-hydroxylation sites is 1. The number of aryl methyl sites for hydroxylation is 2. The zero-order chi connectivity index (χ0) is 13.2. The third kappa shape index (κ3) is 2.77. The molecule has 1 N–H and O–H groups in total. The van der Waals surface area contributed by atoms with Crippen molar-refractivity contribution in [3.8, 4) is 0 Å². The molecule has 0 unspecified atom stereocenters. The predicted molar refractivity (Wildman–Crippen MR) is 87.5 cm³/mol. The third-order valence-corrected chi connectivity index (χ3v) is 4.59. The number of fused-ring (bicyclic) bond motifs is 1. The van der Waals surface area contributed by atoms with Crippen molar-refractivity contribution in [3.05, 3.63) is 68.7 Å². The molecular formula is C16H13Br2N. The van der Waals surface area contributed by atoms with E-state index >= 15 is 0 Å². The summed E-state index contributed by atoms with van der Waals surface area (Å²) in [7, 11) is 0. The van der Waals surface area contributed by atoms with Crippen molar-refractivity contribution >= 4 is 42.8 Å². The second kappa shape index (κ2) is 5.51. The lowest BCUT2D eigenvalue weighted by Gasteiger charge is -2.04. The first-order chi connectivity index (χ1) is 9.24. The molecule has 0 atom stereocenters. The molecule has 3 heteroatoms. The van der Waals surface area contributed by atoms with E-state index in [-0.39, 0.29) is 0 Å². The van der Waals surface area contributed by atoms with Crippen LogP contribution in [0.4, 0.5) is 0 Å². The number of H-pyrrole nitrogens is 1. The van der Waals surface area contributed by atoms with Crippen LogP contribution in [0, 0.1) is 0 Å². The molecule has 0 spiro atoms. The van der Waals surface area contributed by atoms with E-state index in [1.807, 2.05) is 0 Å². The number of aromatic nitrogens is 1. The first-order valence-corrected chi connectivity index (χ1v) is 7.81. The summed E-state index contributed by atoms with van der Waals surface area (Å²) < 4.78 is 2.27. The molecule has 0 saturated heterocycles. The zero-order valence-corrected chi connectivity index (χ0v) is 13.5. The van der Waals surface area contributed by atoms with E-state index in [2.05, 4.69) is 85.5 Å². The maximum Gasteiger partial charge on any atom is 0.0456 e. The summed E-state index contributed by atoms with van der Waals surface area (Å²) in [4.78, 5) is 3.33. The molecule has 3 rings (SSSR count). The average Bonchev–Trinajstić information content (AvgIpc) is 2.81. The Morgan fingerprint density at radius 1 is 0.895 bits per heavy atom. The highest BCUT2D eigenvalue weighted by Gasteiger charge is 2.05. The van der Waals surface area contributed by atoms with Gasteiger partial charge < -0.3 is 4.98 Å². The molecule has 0 saturated carbocycles. The molecule has 1 heterocycles. The van der Waals surface area contributed by atoms with Crippen molar-refractivity contribution in [3.63, 3.8) is 0 Å². The Balaban J connectivity index is 1.82. The highest BCUT2D eigenvalue weighted by atomic mass is 79.9. The van der Waals surface area contributed by atoms with Crippen LogP contribution in [0.3, 0.4) is 0 Å². The fraction of sp³-hybridized carbons (Fsp3) is 0.125. The Morgan fingerprint density at radius 3 is 2.53 bits per heavy atom. The maximum absolute atomic E-state index is 3.62. The Bertz CT molecular complexity index is 716. The Kier molecular flexibility index (Phi) is 3.76. The second-order valence-corrected chi connectivity index (χ2v) is 6.37. The molecular weight excluding hydrogens is 366 g/mol. The largest absolute Gasteiger partial charge is 0.361 e. The van der Waals surface area contributed by atoms with Crippen molar-refractivity contribution in [1.82, 2.24) is 4.98 Å². The molecule has 96 valence electrons. The molecule has 2 aromatic carbocycles. The van der Waals surface area contributed by atoms with E-state index < -0.39 is 0 Å². The number of nitrogens with one attached hydrogen (secondary N) is 1. The van der Waals surface area contributed by atoms with E-state index in [1.165, 1.54) is 26.5 Å². The molecule has 3 aromatic rings. The number of halogens is 2. The van der Waals surface area contributed by atoms with Crippen LogP contribution < -0.4 is 0 Å². The summed E-state index contributed by atoms with van der Waals surface area (Å²) >= 11 is 7.11. The molecule has 0 aliphatic carbocycles. The Hall–Kier alpha value is -1.06. The summed E-state index contributed by atoms with van der Waals surface area (Å²) in [5, 5.41) is 1.33. The highest BCUT2D eigenvalue weighted by Crippen LogP contribution is 2.25. The number of benzene rings is 2. The first kappa shape index (κ1) is 12.9. The number of hydrogen-bond acceptors (Lipinski definition) is 0. The van der Waals surface area contributed by atoms with E-state index in [1.54, 1.807) is 0 Å². The molecule has 0 radical (unpaired) electrons. The van der Waals surface area contributed by atoms with Crippen LogP contribution in [0.15, 0.2) is 57.6 Å². The lowest BCUT2D eigenvalue weighted by Crippen LogP contribution is -1.91. The zero-order valence-electron chi connectivity index (χ0n) is 10.3. The van der Waals surface area contributed by atoms with E-state index in [0.29, 0.717) is 0 Å². The van der Waals surface area contributed by atoms with Crippen LogP contribution in [0.25, 0.3) is 10.9 Å². The molecule has 1 nitrogen and oxygen atoms in total. The molecule has 0 aliphatic heterocycles. The molecule has 19 heavy (non-hydrogen) atoms. The quantitative estimate of drug-likeness (QED) is 0.621. The Labute approximate surface area is 129 Å². The van der Waals surface area contributed by atoms with Gasteiger partial charge in [0.25, 0.3) is 0 Å². The molecule has 0 amide bonds. The van der Waals surface area contributed by atoms with Crippen LogP contribution >= 0.6 is 31.9 Å². The average molecular weight is 379 g/mol. The number of rotatable bonds is 3. The van der Waals surface area contributed by atoms with Crippen LogP contribution in [0.5, 0.6) is 0 Å². The molecule has 0 fully saturated rings. The van der Waals surface area contributed by atoms with E-state index in [0.717, 1.165) is 17.3 Å². The number of hydrogen-bond donors (Lipinski definition) is 1. The van der Waals surface area contributed by atoms with E-state index in [4.69, 9.17) is 0 Å². The highest BCUT2D eigenvalue weighted by molar-refractivity contribution is 9.11. The maximum atomic E-state index is 3.62. The van der Waals surface area contributed by atoms with Gasteiger partial charge in [0.1, 0.15) is 0 Å². The van der Waals surface area contributed by atoms with Crippen molar-refractivity contribution in [2.24, 2.45) is 0 Å². The predicted octanol–water partition coefficient (Wildman–Crippen LogP) is 5.48. The van der Waals surface area contributed by atoms with Gasteiger partial charge in [0.15, 0.2) is 0 Å². The fourth-order valence-corrected chi connectivity index (χ4v) is 3.58. The minimum Gasteiger partial charge on any atom is -0.361 e. The second-order valence-electron chi connectivity index (χ2n) is 4.60. The Morgan fingerprint density at radius 2 is 1.68 bits per heavy atom. The smallest absolute Gasteiger partial charge is 0.0456 e. The summed E-state index contributed by atoms with van der Waals surface area (Å²) in [6.45, 7) is 0. The van der Waals surface area contributed by atoms with Gasteiger partial charge >= 0.3 is 0 Å². The monoisotopic (exact) mass is 377 g/mol.